The van der Waals surface area contributed by atoms with Crippen molar-refractivity contribution in [3.8, 4) is 0 Å². The molecule has 1 saturated heterocycles. The number of likely N-dealkylation sites (tertiary alicyclic amines) is 1. The first-order valence-electron chi connectivity index (χ1n) is 8.34. The van der Waals surface area contributed by atoms with Crippen LogP contribution in [0, 0.1) is 11.8 Å². The topological polar surface area (TPSA) is 90.6 Å². The van der Waals surface area contributed by atoms with Crippen LogP contribution < -0.4 is 0 Å². The largest absolute Gasteiger partial charge is 0.336 e. The van der Waals surface area contributed by atoms with Crippen molar-refractivity contribution in [1.29, 1.82) is 0 Å². The molecule has 0 spiro atoms. The van der Waals surface area contributed by atoms with E-state index >= 15 is 0 Å². The third kappa shape index (κ3) is 2.64. The molecular formula is C16H22N6O. The number of H-pyrrole nitrogens is 2. The maximum Gasteiger partial charge on any atom is 0.271 e. The van der Waals surface area contributed by atoms with Gasteiger partial charge in [0.1, 0.15) is 11.5 Å². The van der Waals surface area contributed by atoms with Crippen LogP contribution in [-0.4, -0.2) is 49.3 Å². The molecular weight excluding hydrogens is 292 g/mol. The van der Waals surface area contributed by atoms with E-state index < -0.39 is 0 Å². The van der Waals surface area contributed by atoms with Crippen molar-refractivity contribution in [3.63, 3.8) is 0 Å². The molecule has 1 aliphatic heterocycles. The van der Waals surface area contributed by atoms with Gasteiger partial charge in [0, 0.05) is 31.1 Å². The van der Waals surface area contributed by atoms with Gasteiger partial charge in [-0.15, -0.1) is 0 Å². The summed E-state index contributed by atoms with van der Waals surface area (Å²) in [4.78, 5) is 19.2. The molecule has 0 unspecified atom stereocenters. The summed E-state index contributed by atoms with van der Waals surface area (Å²) in [5.41, 5.74) is 0.556. The third-order valence-electron chi connectivity index (χ3n) is 5.00. The summed E-state index contributed by atoms with van der Waals surface area (Å²) in [7, 11) is 0. The number of carbonyl (C=O) groups is 1. The molecule has 1 amide bonds. The Bertz CT molecular complexity index is 687. The van der Waals surface area contributed by atoms with Gasteiger partial charge in [-0.1, -0.05) is 13.8 Å². The number of aromatic nitrogens is 5. The standard InChI is InChI=1S/C16H22N6O/c1-9(2)14-18-15(21-20-14)12-8-22(7-11(12)10-3-4-10)16(23)13-5-6-17-19-13/h5-6,9-12H,3-4,7-8H2,1-2H3,(H,17,19)(H,18,20,21)/t11-,12+/m1/s1. The number of hydrogen-bond donors (Lipinski definition) is 2. The summed E-state index contributed by atoms with van der Waals surface area (Å²) in [6.45, 7) is 5.68. The van der Waals surface area contributed by atoms with E-state index in [-0.39, 0.29) is 11.8 Å². The molecule has 2 aromatic heterocycles. The molecule has 7 nitrogen and oxygen atoms in total. The minimum Gasteiger partial charge on any atom is -0.336 e. The van der Waals surface area contributed by atoms with Crippen molar-refractivity contribution < 1.29 is 4.79 Å². The smallest absolute Gasteiger partial charge is 0.271 e. The predicted octanol–water partition coefficient (Wildman–Crippen LogP) is 1.92. The Kier molecular flexibility index (Phi) is 3.43. The van der Waals surface area contributed by atoms with Crippen LogP contribution in [0.2, 0.25) is 0 Å². The lowest BCUT2D eigenvalue weighted by Gasteiger charge is -2.14. The van der Waals surface area contributed by atoms with E-state index in [9.17, 15) is 4.79 Å². The fraction of sp³-hybridized carbons (Fsp3) is 0.625. The Labute approximate surface area is 134 Å². The highest BCUT2D eigenvalue weighted by Crippen LogP contribution is 2.47. The first-order valence-corrected chi connectivity index (χ1v) is 8.34. The fourth-order valence-corrected chi connectivity index (χ4v) is 3.54. The Morgan fingerprint density at radius 3 is 2.74 bits per heavy atom. The predicted molar refractivity (Wildman–Crippen MR) is 83.9 cm³/mol. The third-order valence-corrected chi connectivity index (χ3v) is 5.00. The van der Waals surface area contributed by atoms with Crippen LogP contribution in [0.25, 0.3) is 0 Å². The van der Waals surface area contributed by atoms with Gasteiger partial charge in [0.25, 0.3) is 5.91 Å². The average molecular weight is 314 g/mol. The highest BCUT2D eigenvalue weighted by atomic mass is 16.2. The van der Waals surface area contributed by atoms with E-state index in [1.807, 2.05) is 4.90 Å². The second-order valence-electron chi connectivity index (χ2n) is 7.02. The van der Waals surface area contributed by atoms with E-state index in [4.69, 9.17) is 0 Å². The Morgan fingerprint density at radius 1 is 1.30 bits per heavy atom. The normalized spacial score (nSPS) is 24.6. The first kappa shape index (κ1) is 14.4. The van der Waals surface area contributed by atoms with Crippen molar-refractivity contribution in [2.24, 2.45) is 11.8 Å². The number of amides is 1. The van der Waals surface area contributed by atoms with Crippen molar-refractivity contribution >= 4 is 5.91 Å². The molecule has 122 valence electrons. The van der Waals surface area contributed by atoms with Crippen LogP contribution in [0.1, 0.15) is 60.7 Å². The van der Waals surface area contributed by atoms with Gasteiger partial charge in [0.15, 0.2) is 5.82 Å². The number of aromatic amines is 2. The fourth-order valence-electron chi connectivity index (χ4n) is 3.54. The monoisotopic (exact) mass is 314 g/mol. The van der Waals surface area contributed by atoms with Gasteiger partial charge in [0.2, 0.25) is 0 Å². The molecule has 2 atom stereocenters. The minimum absolute atomic E-state index is 0.0271. The summed E-state index contributed by atoms with van der Waals surface area (Å²) in [5.74, 6) is 3.58. The quantitative estimate of drug-likeness (QED) is 0.902. The summed E-state index contributed by atoms with van der Waals surface area (Å²) in [6.07, 6.45) is 4.14. The summed E-state index contributed by atoms with van der Waals surface area (Å²) in [6, 6.07) is 1.73. The zero-order valence-electron chi connectivity index (χ0n) is 13.5. The number of nitrogens with zero attached hydrogens (tertiary/aromatic N) is 4. The van der Waals surface area contributed by atoms with E-state index in [2.05, 4.69) is 39.2 Å². The first-order chi connectivity index (χ1) is 11.1. The Morgan fingerprint density at radius 2 is 2.13 bits per heavy atom. The van der Waals surface area contributed by atoms with E-state index in [1.165, 1.54) is 12.8 Å². The van der Waals surface area contributed by atoms with E-state index in [0.717, 1.165) is 18.2 Å². The van der Waals surface area contributed by atoms with E-state index in [1.54, 1.807) is 12.3 Å². The molecule has 1 saturated carbocycles. The van der Waals surface area contributed by atoms with Gasteiger partial charge >= 0.3 is 0 Å². The lowest BCUT2D eigenvalue weighted by Crippen LogP contribution is -2.29. The molecule has 23 heavy (non-hydrogen) atoms. The summed E-state index contributed by atoms with van der Waals surface area (Å²) < 4.78 is 0. The Balaban J connectivity index is 1.56. The number of carbonyl (C=O) groups excluding carboxylic acids is 1. The van der Waals surface area contributed by atoms with Crippen molar-refractivity contribution in [1.82, 2.24) is 30.3 Å². The Hall–Kier alpha value is -2.18. The highest BCUT2D eigenvalue weighted by molar-refractivity contribution is 5.92. The zero-order chi connectivity index (χ0) is 16.0. The molecule has 4 rings (SSSR count). The molecule has 2 N–H and O–H groups in total. The molecule has 3 heterocycles. The zero-order valence-corrected chi connectivity index (χ0v) is 13.5. The van der Waals surface area contributed by atoms with Crippen LogP contribution >= 0.6 is 0 Å². The van der Waals surface area contributed by atoms with Crippen molar-refractivity contribution in [2.45, 2.75) is 38.5 Å². The van der Waals surface area contributed by atoms with E-state index in [0.29, 0.717) is 30.0 Å². The number of nitrogens with one attached hydrogen (secondary N) is 2. The molecule has 0 radical (unpaired) electrons. The van der Waals surface area contributed by atoms with Gasteiger partial charge in [-0.2, -0.15) is 10.2 Å². The summed E-state index contributed by atoms with van der Waals surface area (Å²) in [5, 5.41) is 14.1. The minimum atomic E-state index is 0.0271. The molecule has 0 bridgehead atoms. The number of rotatable bonds is 4. The number of hydrogen-bond acceptors (Lipinski definition) is 4. The lowest BCUT2D eigenvalue weighted by molar-refractivity contribution is 0.0779. The molecule has 1 aliphatic carbocycles. The molecule has 2 aromatic rings. The second kappa shape index (κ2) is 5.47. The van der Waals surface area contributed by atoms with Crippen LogP contribution in [0.3, 0.4) is 0 Å². The van der Waals surface area contributed by atoms with Gasteiger partial charge in [-0.3, -0.25) is 15.0 Å². The van der Waals surface area contributed by atoms with Crippen LogP contribution in [0.5, 0.6) is 0 Å². The molecule has 0 aromatic carbocycles. The maximum atomic E-state index is 12.6. The van der Waals surface area contributed by atoms with Crippen molar-refractivity contribution in [3.05, 3.63) is 29.6 Å². The van der Waals surface area contributed by atoms with Crippen molar-refractivity contribution in [2.75, 3.05) is 13.1 Å². The lowest BCUT2D eigenvalue weighted by atomic mass is 9.91. The molecule has 2 fully saturated rings. The van der Waals surface area contributed by atoms with Gasteiger partial charge in [-0.05, 0) is 30.7 Å². The highest BCUT2D eigenvalue weighted by Gasteiger charge is 2.45. The van der Waals surface area contributed by atoms with Gasteiger partial charge < -0.3 is 4.90 Å². The van der Waals surface area contributed by atoms with Crippen LogP contribution in [0.15, 0.2) is 12.3 Å². The maximum absolute atomic E-state index is 12.6. The summed E-state index contributed by atoms with van der Waals surface area (Å²) >= 11 is 0. The van der Waals surface area contributed by atoms with Gasteiger partial charge in [-0.25, -0.2) is 4.98 Å². The van der Waals surface area contributed by atoms with Gasteiger partial charge in [0.05, 0.1) is 0 Å². The molecule has 2 aliphatic rings. The SMILES string of the molecule is CC(C)c1n[nH]c([C@H]2CN(C(=O)c3ccn[nH]3)C[C@@H]2C2CC2)n1. The molecule has 7 heteroatoms. The second-order valence-corrected chi connectivity index (χ2v) is 7.02. The van der Waals surface area contributed by atoms with Crippen LogP contribution in [-0.2, 0) is 0 Å². The average Bonchev–Trinajstić information content (AvgIpc) is 3.03. The van der Waals surface area contributed by atoms with Crippen LogP contribution in [0.4, 0.5) is 0 Å².